The Hall–Kier alpha value is -3.59. The van der Waals surface area contributed by atoms with Crippen LogP contribution in [0.2, 0.25) is 0 Å². The van der Waals surface area contributed by atoms with Crippen LogP contribution in [0.5, 0.6) is 11.8 Å². The first-order chi connectivity index (χ1) is 22.5. The number of piperazine rings is 1. The van der Waals surface area contributed by atoms with Gasteiger partial charge in [-0.1, -0.05) is 0 Å². The fourth-order valence-corrected chi connectivity index (χ4v) is 8.78. The van der Waals surface area contributed by atoms with Crippen molar-refractivity contribution in [1.29, 1.82) is 0 Å². The number of rotatable bonds is 5. The van der Waals surface area contributed by atoms with Gasteiger partial charge in [0, 0.05) is 31.6 Å². The molecule has 4 saturated heterocycles. The molecule has 0 amide bonds. The molecule has 5 fully saturated rings. The number of nitrogens with zero attached hydrogens (tertiary/aromatic N) is 5. The van der Waals surface area contributed by atoms with E-state index in [9.17, 15) is 17.6 Å². The maximum Gasteiger partial charge on any atom is 0.418 e. The molecule has 9 nitrogen and oxygen atoms in total. The molecular weight excluding hydrogens is 628 g/mol. The monoisotopic (exact) mass is 661 g/mol. The van der Waals surface area contributed by atoms with Crippen LogP contribution >= 0.6 is 0 Å². The van der Waals surface area contributed by atoms with E-state index in [1.54, 1.807) is 0 Å². The van der Waals surface area contributed by atoms with Gasteiger partial charge in [-0.05, 0) is 62.6 Å². The van der Waals surface area contributed by atoms with Gasteiger partial charge in [-0.2, -0.15) is 23.1 Å². The van der Waals surface area contributed by atoms with Gasteiger partial charge in [0.05, 0.1) is 33.8 Å². The van der Waals surface area contributed by atoms with Crippen LogP contribution in [0, 0.1) is 11.6 Å². The van der Waals surface area contributed by atoms with Crippen LogP contribution in [0.25, 0.3) is 22.2 Å². The van der Waals surface area contributed by atoms with Crippen molar-refractivity contribution in [3.8, 4) is 23.0 Å². The van der Waals surface area contributed by atoms with Crippen LogP contribution in [0.4, 0.5) is 38.0 Å². The molecular formula is C32H33F6N7O2. The van der Waals surface area contributed by atoms with Gasteiger partial charge in [-0.15, -0.1) is 0 Å². The van der Waals surface area contributed by atoms with Crippen LogP contribution in [-0.4, -0.2) is 82.5 Å². The Labute approximate surface area is 265 Å². The highest BCUT2D eigenvalue weighted by atomic mass is 19.4. The molecule has 9 rings (SSSR count). The summed E-state index contributed by atoms with van der Waals surface area (Å²) >= 11 is 0. The highest BCUT2D eigenvalue weighted by molar-refractivity contribution is 6.00. The first kappa shape index (κ1) is 29.5. The van der Waals surface area contributed by atoms with E-state index in [-0.39, 0.29) is 66.4 Å². The Kier molecular flexibility index (Phi) is 6.42. The topological polar surface area (TPSA) is 102 Å². The molecule has 3 N–H and O–H groups in total. The van der Waals surface area contributed by atoms with E-state index in [0.717, 1.165) is 31.9 Å². The van der Waals surface area contributed by atoms with Gasteiger partial charge < -0.3 is 25.4 Å². The summed E-state index contributed by atoms with van der Waals surface area (Å²) in [5, 5.41) is 3.47. The molecule has 1 saturated carbocycles. The summed E-state index contributed by atoms with van der Waals surface area (Å²) in [4.78, 5) is 16.9. The molecule has 5 aliphatic heterocycles. The van der Waals surface area contributed by atoms with Crippen molar-refractivity contribution >= 4 is 22.5 Å². The summed E-state index contributed by atoms with van der Waals surface area (Å²) in [5.41, 5.74) is 1.64. The number of halogens is 6. The summed E-state index contributed by atoms with van der Waals surface area (Å²) in [5.74, 6) is -3.64. The predicted octanol–water partition coefficient (Wildman–Crippen LogP) is 5.11. The number of benzene rings is 1. The summed E-state index contributed by atoms with van der Waals surface area (Å²) in [7, 11) is 0. The molecule has 0 spiro atoms. The number of hydrogen-bond donors (Lipinski definition) is 2. The molecule has 2 bridgehead atoms. The van der Waals surface area contributed by atoms with E-state index in [2.05, 4.69) is 25.2 Å². The lowest BCUT2D eigenvalue weighted by Gasteiger charge is -2.40. The predicted molar refractivity (Wildman–Crippen MR) is 159 cm³/mol. The smallest absolute Gasteiger partial charge is 0.418 e. The Morgan fingerprint density at radius 2 is 1.91 bits per heavy atom. The molecule has 1 aromatic carbocycles. The largest absolute Gasteiger partial charge is 0.487 e. The number of nitrogens with two attached hydrogens (primary N) is 1. The highest BCUT2D eigenvalue weighted by Crippen LogP contribution is 2.52. The summed E-state index contributed by atoms with van der Waals surface area (Å²) < 4.78 is 104. The maximum atomic E-state index is 16.9. The minimum Gasteiger partial charge on any atom is -0.487 e. The number of ether oxygens (including phenoxy) is 2. The van der Waals surface area contributed by atoms with Gasteiger partial charge in [0.25, 0.3) is 0 Å². The van der Waals surface area contributed by atoms with Crippen molar-refractivity contribution in [3.63, 3.8) is 0 Å². The molecule has 6 aliphatic rings. The zero-order valence-electron chi connectivity index (χ0n) is 25.3. The zero-order chi connectivity index (χ0) is 32.4. The first-order valence-corrected chi connectivity index (χ1v) is 16.3. The van der Waals surface area contributed by atoms with Crippen molar-refractivity contribution < 1.29 is 35.8 Å². The van der Waals surface area contributed by atoms with Crippen molar-refractivity contribution in [2.75, 3.05) is 43.5 Å². The Morgan fingerprint density at radius 1 is 1.09 bits per heavy atom. The molecule has 5 atom stereocenters. The molecule has 1 aliphatic carbocycles. The van der Waals surface area contributed by atoms with Gasteiger partial charge in [0.15, 0.2) is 17.4 Å². The average molecular weight is 662 g/mol. The third-order valence-corrected chi connectivity index (χ3v) is 11.0. The standard InChI is InChI=1S/C32H33F6N7O2/c33-15-9-31(6-1-7-44(31)10-15)13-47-30-42-27-22-28(46-12-19-18-5-4-16(40-18)11-45(19)29(22)43-30)25(35)21(24(27)34)26-23(32(36,37)38)17(14-2-3-14)8-20(39)41-26/h8,14-16,18-19,40H,1-7,9-13H2,(H2,39,41)/t15-,16?,18?,19?,31+/m1/s1. The number of aromatic nitrogens is 3. The van der Waals surface area contributed by atoms with E-state index in [4.69, 9.17) is 15.2 Å². The van der Waals surface area contributed by atoms with Crippen molar-refractivity contribution in [2.45, 2.75) is 86.9 Å². The number of nitrogens with one attached hydrogen (secondary N) is 1. The molecule has 3 aromatic rings. The van der Waals surface area contributed by atoms with E-state index in [0.29, 0.717) is 32.4 Å². The van der Waals surface area contributed by atoms with Crippen molar-refractivity contribution in [2.24, 2.45) is 0 Å². The van der Waals surface area contributed by atoms with Gasteiger partial charge in [0.1, 0.15) is 36.5 Å². The fourth-order valence-electron chi connectivity index (χ4n) is 8.78. The second kappa shape index (κ2) is 10.2. The molecule has 250 valence electrons. The molecule has 47 heavy (non-hydrogen) atoms. The van der Waals surface area contributed by atoms with Crippen LogP contribution in [0.3, 0.4) is 0 Å². The third kappa shape index (κ3) is 4.55. The van der Waals surface area contributed by atoms with Crippen LogP contribution < -0.4 is 25.4 Å². The fraction of sp³-hybridized carbons (Fsp3) is 0.594. The summed E-state index contributed by atoms with van der Waals surface area (Å²) in [6, 6.07) is 0.681. The third-order valence-electron chi connectivity index (χ3n) is 11.0. The van der Waals surface area contributed by atoms with Crippen LogP contribution in [0.15, 0.2) is 6.07 Å². The van der Waals surface area contributed by atoms with E-state index in [1.807, 2.05) is 4.90 Å². The second-order valence-electron chi connectivity index (χ2n) is 14.0. The lowest BCUT2D eigenvalue weighted by Crippen LogP contribution is -2.60. The lowest BCUT2D eigenvalue weighted by molar-refractivity contribution is -0.137. The van der Waals surface area contributed by atoms with Crippen molar-refractivity contribution in [3.05, 3.63) is 28.8 Å². The lowest BCUT2D eigenvalue weighted by atomic mass is 9.95. The van der Waals surface area contributed by atoms with E-state index in [1.165, 1.54) is 0 Å². The average Bonchev–Trinajstić information content (AvgIpc) is 3.63. The molecule has 15 heteroatoms. The Morgan fingerprint density at radius 3 is 2.70 bits per heavy atom. The first-order valence-electron chi connectivity index (χ1n) is 16.3. The maximum absolute atomic E-state index is 16.9. The molecule has 0 radical (unpaired) electrons. The number of alkyl halides is 4. The summed E-state index contributed by atoms with van der Waals surface area (Å²) in [6.45, 7) is 1.53. The minimum atomic E-state index is -4.98. The Balaban J connectivity index is 1.25. The number of pyridine rings is 1. The number of fused-ring (bicyclic) bond motifs is 6. The zero-order valence-corrected chi connectivity index (χ0v) is 25.3. The van der Waals surface area contributed by atoms with Crippen LogP contribution in [-0.2, 0) is 6.18 Å². The van der Waals surface area contributed by atoms with E-state index < -0.39 is 63.5 Å². The summed E-state index contributed by atoms with van der Waals surface area (Å²) in [6.07, 6.45) is -1.39. The molecule has 2 aromatic heterocycles. The highest BCUT2D eigenvalue weighted by Gasteiger charge is 2.50. The van der Waals surface area contributed by atoms with Crippen molar-refractivity contribution in [1.82, 2.24) is 25.2 Å². The second-order valence-corrected chi connectivity index (χ2v) is 14.0. The van der Waals surface area contributed by atoms with Gasteiger partial charge in [-0.25, -0.2) is 18.2 Å². The normalized spacial score (nSPS) is 30.0. The number of anilines is 2. The quantitative estimate of drug-likeness (QED) is 0.362. The minimum absolute atomic E-state index is 0.0200. The molecule has 3 unspecified atom stereocenters. The number of hydrogen-bond acceptors (Lipinski definition) is 9. The Bertz CT molecular complexity index is 1800. The van der Waals surface area contributed by atoms with E-state index >= 15 is 8.78 Å². The van der Waals surface area contributed by atoms with Crippen LogP contribution in [0.1, 0.15) is 62.0 Å². The number of nitrogen functional groups attached to an aromatic ring is 1. The molecule has 7 heterocycles. The SMILES string of the molecule is Nc1cc(C2CC2)c(C(F)(F)F)c(-c2c(F)c3c4c(nc(OC[C@@]56CCCN5C[C@H](F)C6)nc4c2F)N2CC4CCC(N4)C2CO3)n1. The van der Waals surface area contributed by atoms with Gasteiger partial charge in [-0.3, -0.25) is 4.90 Å². The van der Waals surface area contributed by atoms with Gasteiger partial charge >= 0.3 is 12.2 Å². The van der Waals surface area contributed by atoms with Gasteiger partial charge in [0.2, 0.25) is 0 Å².